The van der Waals surface area contributed by atoms with Gasteiger partial charge in [-0.3, -0.25) is 9.78 Å². The molecule has 1 aromatic rings. The highest BCUT2D eigenvalue weighted by Gasteiger charge is 2.24. The number of carbonyl (C=O) groups excluding carboxylic acids is 1. The first kappa shape index (κ1) is 12.6. The van der Waals surface area contributed by atoms with Gasteiger partial charge in [-0.05, 0) is 12.1 Å². The van der Waals surface area contributed by atoms with E-state index in [0.29, 0.717) is 5.69 Å². The number of carbonyl (C=O) groups is 1. The van der Waals surface area contributed by atoms with Crippen LogP contribution in [0.15, 0.2) is 24.4 Å². The quantitative estimate of drug-likeness (QED) is 0.809. The van der Waals surface area contributed by atoms with Crippen molar-refractivity contribution in [2.75, 3.05) is 6.61 Å². The molecule has 88 valence electrons. The first-order valence-electron chi connectivity index (χ1n) is 5.28. The Kier molecular flexibility index (Phi) is 4.01. The van der Waals surface area contributed by atoms with Crippen LogP contribution in [0.1, 0.15) is 32.5 Å². The minimum atomic E-state index is -0.470. The fourth-order valence-corrected chi connectivity index (χ4v) is 1.17. The van der Waals surface area contributed by atoms with Crippen molar-refractivity contribution >= 4 is 5.91 Å². The van der Waals surface area contributed by atoms with E-state index >= 15 is 0 Å². The average Bonchev–Trinajstić information content (AvgIpc) is 2.25. The summed E-state index contributed by atoms with van der Waals surface area (Å²) in [5, 5.41) is 12.0. The van der Waals surface area contributed by atoms with Gasteiger partial charge in [0, 0.05) is 11.6 Å². The number of aliphatic hydroxyl groups excluding tert-OH is 1. The SMILES string of the molecule is CC(C)(C)C(=O)N[C@@H](CO)c1ccccn1. The van der Waals surface area contributed by atoms with E-state index in [4.69, 9.17) is 0 Å². The highest BCUT2D eigenvalue weighted by Crippen LogP contribution is 2.16. The van der Waals surface area contributed by atoms with Crippen molar-refractivity contribution in [3.8, 4) is 0 Å². The van der Waals surface area contributed by atoms with Gasteiger partial charge < -0.3 is 10.4 Å². The number of aliphatic hydroxyl groups is 1. The molecule has 16 heavy (non-hydrogen) atoms. The van der Waals surface area contributed by atoms with Crippen molar-refractivity contribution in [3.05, 3.63) is 30.1 Å². The Labute approximate surface area is 95.7 Å². The first-order chi connectivity index (χ1) is 7.45. The van der Waals surface area contributed by atoms with E-state index in [0.717, 1.165) is 0 Å². The third-order valence-corrected chi connectivity index (χ3v) is 2.21. The lowest BCUT2D eigenvalue weighted by Crippen LogP contribution is -2.39. The van der Waals surface area contributed by atoms with E-state index in [1.54, 1.807) is 18.3 Å². The number of pyridine rings is 1. The van der Waals surface area contributed by atoms with Crippen molar-refractivity contribution in [1.82, 2.24) is 10.3 Å². The minimum absolute atomic E-state index is 0.0998. The van der Waals surface area contributed by atoms with E-state index in [1.807, 2.05) is 26.8 Å². The summed E-state index contributed by atoms with van der Waals surface area (Å²) >= 11 is 0. The van der Waals surface area contributed by atoms with Gasteiger partial charge >= 0.3 is 0 Å². The second kappa shape index (κ2) is 5.07. The van der Waals surface area contributed by atoms with Gasteiger partial charge in [0.2, 0.25) is 5.91 Å². The van der Waals surface area contributed by atoms with E-state index in [2.05, 4.69) is 10.3 Å². The Morgan fingerprint density at radius 2 is 2.19 bits per heavy atom. The Hall–Kier alpha value is -1.42. The molecule has 0 aliphatic carbocycles. The zero-order chi connectivity index (χ0) is 12.2. The predicted octanol–water partition coefficient (Wildman–Crippen LogP) is 1.28. The maximum atomic E-state index is 11.8. The van der Waals surface area contributed by atoms with E-state index in [1.165, 1.54) is 0 Å². The van der Waals surface area contributed by atoms with Crippen molar-refractivity contribution in [3.63, 3.8) is 0 Å². The Morgan fingerprint density at radius 3 is 2.62 bits per heavy atom. The molecule has 1 amide bonds. The Morgan fingerprint density at radius 1 is 1.50 bits per heavy atom. The monoisotopic (exact) mass is 222 g/mol. The van der Waals surface area contributed by atoms with Crippen LogP contribution in [0.5, 0.6) is 0 Å². The molecule has 1 aromatic heterocycles. The summed E-state index contributed by atoms with van der Waals surface area (Å²) in [6.07, 6.45) is 1.64. The average molecular weight is 222 g/mol. The number of nitrogens with one attached hydrogen (secondary N) is 1. The first-order valence-corrected chi connectivity index (χ1v) is 5.28. The number of rotatable bonds is 3. The second-order valence-electron chi connectivity index (χ2n) is 4.71. The van der Waals surface area contributed by atoms with Gasteiger partial charge in [0.1, 0.15) is 0 Å². The molecule has 1 atom stereocenters. The zero-order valence-electron chi connectivity index (χ0n) is 9.90. The smallest absolute Gasteiger partial charge is 0.225 e. The van der Waals surface area contributed by atoms with Crippen LogP contribution in [-0.4, -0.2) is 22.6 Å². The molecule has 0 saturated carbocycles. The van der Waals surface area contributed by atoms with Crippen LogP contribution in [0, 0.1) is 5.41 Å². The molecule has 0 radical (unpaired) electrons. The van der Waals surface area contributed by atoms with Crippen LogP contribution in [0.25, 0.3) is 0 Å². The van der Waals surface area contributed by atoms with Crippen molar-refractivity contribution in [2.45, 2.75) is 26.8 Å². The molecular formula is C12H18N2O2. The van der Waals surface area contributed by atoms with Gasteiger partial charge in [0.15, 0.2) is 0 Å². The predicted molar refractivity (Wildman–Crippen MR) is 61.7 cm³/mol. The van der Waals surface area contributed by atoms with E-state index in [-0.39, 0.29) is 12.5 Å². The van der Waals surface area contributed by atoms with Gasteiger partial charge in [-0.25, -0.2) is 0 Å². The summed E-state index contributed by atoms with van der Waals surface area (Å²) in [5.41, 5.74) is 0.199. The van der Waals surface area contributed by atoms with Gasteiger partial charge in [-0.1, -0.05) is 26.8 Å². The van der Waals surface area contributed by atoms with Gasteiger partial charge in [-0.15, -0.1) is 0 Å². The van der Waals surface area contributed by atoms with Crippen LogP contribution in [0.2, 0.25) is 0 Å². The topological polar surface area (TPSA) is 62.2 Å². The van der Waals surface area contributed by atoms with Crippen molar-refractivity contribution in [1.29, 1.82) is 0 Å². The summed E-state index contributed by atoms with van der Waals surface area (Å²) < 4.78 is 0. The highest BCUT2D eigenvalue weighted by molar-refractivity contribution is 5.81. The number of nitrogens with zero attached hydrogens (tertiary/aromatic N) is 1. The molecule has 0 bridgehead atoms. The minimum Gasteiger partial charge on any atom is -0.394 e. The Bertz CT molecular complexity index is 344. The van der Waals surface area contributed by atoms with Gasteiger partial charge in [0.05, 0.1) is 18.3 Å². The summed E-state index contributed by atoms with van der Waals surface area (Å²) in [6, 6.07) is 4.97. The normalized spacial score (nSPS) is 13.2. The molecule has 0 aromatic carbocycles. The highest BCUT2D eigenvalue weighted by atomic mass is 16.3. The molecular weight excluding hydrogens is 204 g/mol. The molecule has 0 aliphatic heterocycles. The van der Waals surface area contributed by atoms with Crippen LogP contribution in [0.3, 0.4) is 0 Å². The summed E-state index contributed by atoms with van der Waals surface area (Å²) in [7, 11) is 0. The maximum Gasteiger partial charge on any atom is 0.225 e. The second-order valence-corrected chi connectivity index (χ2v) is 4.71. The Balaban J connectivity index is 2.75. The lowest BCUT2D eigenvalue weighted by atomic mass is 9.95. The molecule has 0 spiro atoms. The number of amides is 1. The molecule has 4 nitrogen and oxygen atoms in total. The lowest BCUT2D eigenvalue weighted by Gasteiger charge is -2.22. The molecule has 0 aliphatic rings. The molecule has 1 rings (SSSR count). The van der Waals surface area contributed by atoms with E-state index < -0.39 is 11.5 Å². The largest absolute Gasteiger partial charge is 0.394 e. The summed E-state index contributed by atoms with van der Waals surface area (Å²) in [4.78, 5) is 15.9. The fraction of sp³-hybridized carbons (Fsp3) is 0.500. The molecule has 1 heterocycles. The van der Waals surface area contributed by atoms with Gasteiger partial charge in [0.25, 0.3) is 0 Å². The third-order valence-electron chi connectivity index (χ3n) is 2.21. The standard InChI is InChI=1S/C12H18N2O2/c1-12(2,3)11(16)14-10(8-15)9-6-4-5-7-13-9/h4-7,10,15H,8H2,1-3H3,(H,14,16)/t10-/m0/s1. The van der Waals surface area contributed by atoms with Gasteiger partial charge in [-0.2, -0.15) is 0 Å². The number of aromatic nitrogens is 1. The van der Waals surface area contributed by atoms with Crippen LogP contribution in [-0.2, 0) is 4.79 Å². The van der Waals surface area contributed by atoms with Crippen LogP contribution in [0.4, 0.5) is 0 Å². The molecule has 4 heteroatoms. The molecule has 0 fully saturated rings. The maximum absolute atomic E-state index is 11.8. The fourth-order valence-electron chi connectivity index (χ4n) is 1.17. The summed E-state index contributed by atoms with van der Waals surface area (Å²) in [5.74, 6) is -0.0998. The third kappa shape index (κ3) is 3.31. The molecule has 0 unspecified atom stereocenters. The van der Waals surface area contributed by atoms with Crippen molar-refractivity contribution in [2.24, 2.45) is 5.41 Å². The number of hydrogen-bond donors (Lipinski definition) is 2. The molecule has 2 N–H and O–H groups in total. The molecule has 0 saturated heterocycles. The van der Waals surface area contributed by atoms with E-state index in [9.17, 15) is 9.90 Å². The number of hydrogen-bond acceptors (Lipinski definition) is 3. The summed E-state index contributed by atoms with van der Waals surface area (Å²) in [6.45, 7) is 5.33. The van der Waals surface area contributed by atoms with Crippen LogP contribution >= 0.6 is 0 Å². The van der Waals surface area contributed by atoms with Crippen molar-refractivity contribution < 1.29 is 9.90 Å². The lowest BCUT2D eigenvalue weighted by molar-refractivity contribution is -0.129. The van der Waals surface area contributed by atoms with Crippen LogP contribution < -0.4 is 5.32 Å². The zero-order valence-corrected chi connectivity index (χ0v) is 9.90.